The number of amides is 3. The molecule has 7 nitrogen and oxygen atoms in total. The van der Waals surface area contributed by atoms with Crippen LogP contribution in [-0.2, 0) is 9.59 Å². The van der Waals surface area contributed by atoms with E-state index >= 15 is 0 Å². The largest absolute Gasteiger partial charge is 0.481 e. The van der Waals surface area contributed by atoms with Crippen molar-refractivity contribution >= 4 is 17.9 Å². The molecule has 1 rings (SSSR count). The van der Waals surface area contributed by atoms with Crippen molar-refractivity contribution in [3.05, 3.63) is 0 Å². The molecular formula is C13H23N3O4. The molecule has 7 heteroatoms. The molecule has 0 spiro atoms. The summed E-state index contributed by atoms with van der Waals surface area (Å²) in [6.07, 6.45) is 2.03. The van der Waals surface area contributed by atoms with Gasteiger partial charge in [-0.2, -0.15) is 0 Å². The minimum atomic E-state index is -0.865. The number of carbonyl (C=O) groups is 3. The van der Waals surface area contributed by atoms with Gasteiger partial charge in [0, 0.05) is 26.7 Å². The van der Waals surface area contributed by atoms with Gasteiger partial charge in [0.25, 0.3) is 0 Å². The number of carbonyl (C=O) groups excluding carboxylic acids is 2. The molecule has 0 aromatic rings. The van der Waals surface area contributed by atoms with Crippen LogP contribution in [0.4, 0.5) is 4.79 Å². The molecule has 1 atom stereocenters. The standard InChI is InChI=1S/C13H23N3O4/c1-3-6-15(9-11(17)14-2)13(20)16-7-4-5-10(8-16)12(18)19/h10H,3-9H2,1-2H3,(H,14,17)(H,18,19)/t10-/m0/s1. The molecule has 3 amide bonds. The molecule has 0 saturated carbocycles. The highest BCUT2D eigenvalue weighted by Gasteiger charge is 2.30. The van der Waals surface area contributed by atoms with Crippen molar-refractivity contribution in [2.75, 3.05) is 33.2 Å². The van der Waals surface area contributed by atoms with E-state index in [0.717, 1.165) is 6.42 Å². The summed E-state index contributed by atoms with van der Waals surface area (Å²) >= 11 is 0. The van der Waals surface area contributed by atoms with Gasteiger partial charge in [-0.25, -0.2) is 4.79 Å². The highest BCUT2D eigenvalue weighted by Crippen LogP contribution is 2.18. The Labute approximate surface area is 118 Å². The summed E-state index contributed by atoms with van der Waals surface area (Å²) < 4.78 is 0. The first-order chi connectivity index (χ1) is 9.49. The lowest BCUT2D eigenvalue weighted by Crippen LogP contribution is -2.51. The maximum absolute atomic E-state index is 12.4. The molecule has 0 unspecified atom stereocenters. The first kappa shape index (κ1) is 16.3. The lowest BCUT2D eigenvalue weighted by molar-refractivity contribution is -0.143. The summed E-state index contributed by atoms with van der Waals surface area (Å²) in [7, 11) is 1.53. The second-order valence-electron chi connectivity index (χ2n) is 5.00. The van der Waals surface area contributed by atoms with E-state index in [4.69, 9.17) is 5.11 Å². The third kappa shape index (κ3) is 4.40. The number of aliphatic carboxylic acids is 1. The fourth-order valence-corrected chi connectivity index (χ4v) is 2.32. The Bertz CT molecular complexity index is 373. The quantitative estimate of drug-likeness (QED) is 0.763. The average Bonchev–Trinajstić information content (AvgIpc) is 2.45. The first-order valence-corrected chi connectivity index (χ1v) is 6.96. The van der Waals surface area contributed by atoms with Gasteiger partial charge in [0.15, 0.2) is 0 Å². The number of nitrogens with one attached hydrogen (secondary N) is 1. The summed E-state index contributed by atoms with van der Waals surface area (Å²) in [6, 6.07) is -0.249. The average molecular weight is 285 g/mol. The third-order valence-corrected chi connectivity index (χ3v) is 3.42. The van der Waals surface area contributed by atoms with Crippen molar-refractivity contribution in [1.82, 2.24) is 15.1 Å². The summed E-state index contributed by atoms with van der Waals surface area (Å²) in [6.45, 7) is 3.21. The Morgan fingerprint density at radius 1 is 1.40 bits per heavy atom. The Hall–Kier alpha value is -1.79. The van der Waals surface area contributed by atoms with Gasteiger partial charge in [-0.05, 0) is 19.3 Å². The van der Waals surface area contributed by atoms with Crippen LogP contribution in [0.3, 0.4) is 0 Å². The van der Waals surface area contributed by atoms with Gasteiger partial charge in [0.05, 0.1) is 5.92 Å². The fraction of sp³-hybridized carbons (Fsp3) is 0.769. The van der Waals surface area contributed by atoms with Crippen LogP contribution >= 0.6 is 0 Å². The second-order valence-corrected chi connectivity index (χ2v) is 5.00. The number of carboxylic acid groups (broad SMARTS) is 1. The molecule has 0 aromatic carbocycles. The number of urea groups is 1. The zero-order valence-electron chi connectivity index (χ0n) is 12.1. The lowest BCUT2D eigenvalue weighted by atomic mass is 9.98. The smallest absolute Gasteiger partial charge is 0.320 e. The first-order valence-electron chi connectivity index (χ1n) is 6.96. The van der Waals surface area contributed by atoms with Gasteiger partial charge in [-0.15, -0.1) is 0 Å². The van der Waals surface area contributed by atoms with Crippen LogP contribution in [0.2, 0.25) is 0 Å². The third-order valence-electron chi connectivity index (χ3n) is 3.42. The van der Waals surface area contributed by atoms with Crippen LogP contribution in [0.5, 0.6) is 0 Å². The van der Waals surface area contributed by atoms with Crippen LogP contribution in [0.25, 0.3) is 0 Å². The summed E-state index contributed by atoms with van der Waals surface area (Å²) in [4.78, 5) is 37.9. The molecule has 114 valence electrons. The Balaban J connectivity index is 2.67. The topological polar surface area (TPSA) is 90.0 Å². The SMILES string of the molecule is CCCN(CC(=O)NC)C(=O)N1CCC[C@H](C(=O)O)C1. The molecule has 1 heterocycles. The zero-order valence-corrected chi connectivity index (χ0v) is 12.1. The maximum Gasteiger partial charge on any atom is 0.320 e. The summed E-state index contributed by atoms with van der Waals surface area (Å²) in [5.74, 6) is -1.59. The minimum Gasteiger partial charge on any atom is -0.481 e. The zero-order chi connectivity index (χ0) is 15.1. The Morgan fingerprint density at radius 3 is 2.65 bits per heavy atom. The van der Waals surface area contributed by atoms with Gasteiger partial charge in [-0.3, -0.25) is 9.59 Å². The Morgan fingerprint density at radius 2 is 2.10 bits per heavy atom. The van der Waals surface area contributed by atoms with Crippen LogP contribution in [0.15, 0.2) is 0 Å². The van der Waals surface area contributed by atoms with E-state index < -0.39 is 11.9 Å². The minimum absolute atomic E-state index is 0.0113. The highest BCUT2D eigenvalue weighted by atomic mass is 16.4. The molecule has 1 aliphatic rings. The highest BCUT2D eigenvalue weighted by molar-refractivity contribution is 5.84. The number of hydrogen-bond acceptors (Lipinski definition) is 3. The van der Waals surface area contributed by atoms with E-state index in [2.05, 4.69) is 5.32 Å². The van der Waals surface area contributed by atoms with Crippen molar-refractivity contribution in [2.45, 2.75) is 26.2 Å². The molecule has 1 fully saturated rings. The van der Waals surface area contributed by atoms with Crippen LogP contribution in [0, 0.1) is 5.92 Å². The number of likely N-dealkylation sites (N-methyl/N-ethyl adjacent to an activating group) is 1. The van der Waals surface area contributed by atoms with Crippen LogP contribution in [-0.4, -0.2) is 66.0 Å². The fourth-order valence-electron chi connectivity index (χ4n) is 2.32. The van der Waals surface area contributed by atoms with Gasteiger partial charge >= 0.3 is 12.0 Å². The van der Waals surface area contributed by atoms with Crippen molar-refractivity contribution in [3.8, 4) is 0 Å². The molecule has 1 saturated heterocycles. The lowest BCUT2D eigenvalue weighted by Gasteiger charge is -2.34. The summed E-state index contributed by atoms with van der Waals surface area (Å²) in [5.41, 5.74) is 0. The van der Waals surface area contributed by atoms with E-state index in [0.29, 0.717) is 25.9 Å². The molecule has 0 aliphatic carbocycles. The van der Waals surface area contributed by atoms with Crippen molar-refractivity contribution in [2.24, 2.45) is 5.92 Å². The van der Waals surface area contributed by atoms with E-state index in [1.165, 1.54) is 11.9 Å². The number of likely N-dealkylation sites (tertiary alicyclic amines) is 1. The summed E-state index contributed by atoms with van der Waals surface area (Å²) in [5, 5.41) is 11.5. The van der Waals surface area contributed by atoms with Crippen LogP contribution < -0.4 is 5.32 Å². The number of rotatable bonds is 5. The van der Waals surface area contributed by atoms with Gasteiger partial charge in [-0.1, -0.05) is 6.92 Å². The molecule has 0 aromatic heterocycles. The van der Waals surface area contributed by atoms with E-state index in [-0.39, 0.29) is 25.0 Å². The predicted octanol–water partition coefficient (Wildman–Crippen LogP) is 0.361. The van der Waals surface area contributed by atoms with Crippen molar-refractivity contribution < 1.29 is 19.5 Å². The molecular weight excluding hydrogens is 262 g/mol. The van der Waals surface area contributed by atoms with Crippen molar-refractivity contribution in [3.63, 3.8) is 0 Å². The normalized spacial score (nSPS) is 18.5. The molecule has 0 radical (unpaired) electrons. The number of carboxylic acids is 1. The molecule has 1 aliphatic heterocycles. The van der Waals surface area contributed by atoms with Gasteiger partial charge < -0.3 is 20.2 Å². The molecule has 20 heavy (non-hydrogen) atoms. The van der Waals surface area contributed by atoms with E-state index in [9.17, 15) is 14.4 Å². The monoisotopic (exact) mass is 285 g/mol. The van der Waals surface area contributed by atoms with Crippen molar-refractivity contribution in [1.29, 1.82) is 0 Å². The van der Waals surface area contributed by atoms with Gasteiger partial charge in [0.2, 0.25) is 5.91 Å². The molecule has 0 bridgehead atoms. The Kier molecular flexibility index (Phi) is 6.27. The number of nitrogens with zero attached hydrogens (tertiary/aromatic N) is 2. The number of hydrogen-bond donors (Lipinski definition) is 2. The van der Waals surface area contributed by atoms with Crippen LogP contribution in [0.1, 0.15) is 26.2 Å². The second kappa shape index (κ2) is 7.72. The molecule has 2 N–H and O–H groups in total. The maximum atomic E-state index is 12.4. The van der Waals surface area contributed by atoms with Gasteiger partial charge in [0.1, 0.15) is 6.54 Å². The number of piperidine rings is 1. The van der Waals surface area contributed by atoms with E-state index in [1.807, 2.05) is 6.92 Å². The predicted molar refractivity (Wildman–Crippen MR) is 73.3 cm³/mol. The van der Waals surface area contributed by atoms with E-state index in [1.54, 1.807) is 4.90 Å².